The van der Waals surface area contributed by atoms with Crippen LogP contribution in [0.4, 0.5) is 4.79 Å². The molecule has 168 valence electrons. The molecule has 3 heterocycles. The lowest BCUT2D eigenvalue weighted by Gasteiger charge is -2.41. The minimum absolute atomic E-state index is 0.0782. The molecule has 0 aliphatic carbocycles. The number of aromatic nitrogens is 2. The van der Waals surface area contributed by atoms with Crippen molar-refractivity contribution in [3.63, 3.8) is 0 Å². The molecule has 8 nitrogen and oxygen atoms in total. The lowest BCUT2D eigenvalue weighted by molar-refractivity contribution is 0.0964. The molecule has 2 aliphatic rings. The highest BCUT2D eigenvalue weighted by Gasteiger charge is 2.34. The van der Waals surface area contributed by atoms with Crippen molar-refractivity contribution in [1.82, 2.24) is 24.3 Å². The van der Waals surface area contributed by atoms with E-state index in [2.05, 4.69) is 15.1 Å². The average Bonchev–Trinajstić information content (AvgIpc) is 2.97. The lowest BCUT2D eigenvalue weighted by Crippen LogP contribution is -2.52. The van der Waals surface area contributed by atoms with Gasteiger partial charge in [0.1, 0.15) is 0 Å². The summed E-state index contributed by atoms with van der Waals surface area (Å²) >= 11 is 0. The molecule has 0 bridgehead atoms. The predicted molar refractivity (Wildman–Crippen MR) is 118 cm³/mol. The average molecular weight is 420 g/mol. The maximum atomic E-state index is 12.8. The molecule has 0 saturated carbocycles. The Bertz CT molecular complexity index is 851. The molecule has 1 aromatic rings. The minimum Gasteiger partial charge on any atom is -0.336 e. The van der Waals surface area contributed by atoms with Crippen LogP contribution in [-0.4, -0.2) is 56.7 Å². The number of hydrogen-bond acceptors (Lipinski definition) is 4. The van der Waals surface area contributed by atoms with Crippen LogP contribution in [0.5, 0.6) is 0 Å². The summed E-state index contributed by atoms with van der Waals surface area (Å²) in [6, 6.07) is 2.10. The largest absolute Gasteiger partial charge is 0.336 e. The maximum absolute atomic E-state index is 12.8. The molecule has 2 saturated heterocycles. The number of nitrogens with one attached hydrogen (secondary N) is 1. The van der Waals surface area contributed by atoms with Gasteiger partial charge in [-0.05, 0) is 58.5 Å². The highest BCUT2D eigenvalue weighted by atomic mass is 16.2. The van der Waals surface area contributed by atoms with Crippen molar-refractivity contribution < 1.29 is 4.79 Å². The van der Waals surface area contributed by atoms with Crippen LogP contribution in [0.15, 0.2) is 15.7 Å². The molecule has 1 N–H and O–H groups in total. The second-order valence-corrected chi connectivity index (χ2v) is 9.20. The number of urea groups is 1. The zero-order valence-corrected chi connectivity index (χ0v) is 18.9. The molecule has 2 amide bonds. The molecule has 0 radical (unpaired) electrons. The van der Waals surface area contributed by atoms with Crippen LogP contribution in [0.2, 0.25) is 0 Å². The summed E-state index contributed by atoms with van der Waals surface area (Å²) in [7, 11) is 3.23. The SMILES string of the molecule is CC(C)NC(=O)N1CCCCCC1C1CCN(Cc2cc(=O)n(C)c(=O)n2C)CC1. The van der Waals surface area contributed by atoms with E-state index in [4.69, 9.17) is 0 Å². The van der Waals surface area contributed by atoms with Gasteiger partial charge in [-0.25, -0.2) is 9.59 Å². The molecule has 2 aliphatic heterocycles. The van der Waals surface area contributed by atoms with Gasteiger partial charge >= 0.3 is 11.7 Å². The summed E-state index contributed by atoms with van der Waals surface area (Å²) < 4.78 is 2.70. The molecule has 1 aromatic heterocycles. The Hall–Kier alpha value is -2.09. The van der Waals surface area contributed by atoms with Crippen molar-refractivity contribution >= 4 is 6.03 Å². The fraction of sp³-hybridized carbons (Fsp3) is 0.773. The van der Waals surface area contributed by atoms with Gasteiger partial charge in [0.15, 0.2) is 0 Å². The molecular formula is C22H37N5O3. The second kappa shape index (κ2) is 9.81. The topological polar surface area (TPSA) is 79.6 Å². The second-order valence-electron chi connectivity index (χ2n) is 9.20. The first-order valence-corrected chi connectivity index (χ1v) is 11.3. The van der Waals surface area contributed by atoms with Gasteiger partial charge in [0, 0.05) is 51.0 Å². The van der Waals surface area contributed by atoms with Crippen molar-refractivity contribution in [1.29, 1.82) is 0 Å². The molecule has 1 unspecified atom stereocenters. The number of likely N-dealkylation sites (tertiary alicyclic amines) is 2. The lowest BCUT2D eigenvalue weighted by atomic mass is 9.86. The molecule has 0 spiro atoms. The Balaban J connectivity index is 1.64. The van der Waals surface area contributed by atoms with Crippen LogP contribution in [0.1, 0.15) is 58.1 Å². The van der Waals surface area contributed by atoms with Crippen molar-refractivity contribution in [3.05, 3.63) is 32.6 Å². The summed E-state index contributed by atoms with van der Waals surface area (Å²) in [5, 5.41) is 3.08. The van der Waals surface area contributed by atoms with Gasteiger partial charge in [0.05, 0.1) is 0 Å². The minimum atomic E-state index is -0.280. The molecule has 30 heavy (non-hydrogen) atoms. The Kier molecular flexibility index (Phi) is 7.39. The van der Waals surface area contributed by atoms with Crippen LogP contribution < -0.4 is 16.6 Å². The van der Waals surface area contributed by atoms with Crippen LogP contribution >= 0.6 is 0 Å². The van der Waals surface area contributed by atoms with E-state index in [1.165, 1.54) is 19.9 Å². The number of nitrogens with zero attached hydrogens (tertiary/aromatic N) is 4. The van der Waals surface area contributed by atoms with Crippen LogP contribution in [0.25, 0.3) is 0 Å². The number of piperidine rings is 1. The van der Waals surface area contributed by atoms with Crippen LogP contribution in [0.3, 0.4) is 0 Å². The monoisotopic (exact) mass is 419 g/mol. The van der Waals surface area contributed by atoms with Crippen molar-refractivity contribution in [2.75, 3.05) is 19.6 Å². The highest BCUT2D eigenvalue weighted by molar-refractivity contribution is 5.74. The first-order valence-electron chi connectivity index (χ1n) is 11.3. The number of carbonyl (C=O) groups excluding carboxylic acids is 1. The van der Waals surface area contributed by atoms with Gasteiger partial charge in [-0.1, -0.05) is 12.8 Å². The van der Waals surface area contributed by atoms with Gasteiger partial charge in [0.2, 0.25) is 0 Å². The first-order chi connectivity index (χ1) is 14.3. The van der Waals surface area contributed by atoms with E-state index in [0.717, 1.165) is 55.6 Å². The zero-order valence-electron chi connectivity index (χ0n) is 18.9. The normalized spacial score (nSPS) is 21.6. The fourth-order valence-corrected chi connectivity index (χ4v) is 4.86. The molecule has 2 fully saturated rings. The first kappa shape index (κ1) is 22.6. The number of hydrogen-bond donors (Lipinski definition) is 1. The third-order valence-corrected chi connectivity index (χ3v) is 6.66. The highest BCUT2D eigenvalue weighted by Crippen LogP contribution is 2.30. The van der Waals surface area contributed by atoms with E-state index in [-0.39, 0.29) is 23.3 Å². The molecule has 0 aromatic carbocycles. The predicted octanol–water partition coefficient (Wildman–Crippen LogP) is 1.66. The standard InChI is InChI=1S/C22H37N5O3/c1-16(2)23-21(29)27-11-7-5-6-8-19(27)17-9-12-26(13-10-17)15-18-14-20(28)25(4)22(30)24(18)3/h14,16-17,19H,5-13,15H2,1-4H3,(H,23,29). The Morgan fingerprint density at radius 1 is 1.03 bits per heavy atom. The van der Waals surface area contributed by atoms with E-state index < -0.39 is 0 Å². The Labute approximate surface area is 178 Å². The number of rotatable bonds is 4. The maximum Gasteiger partial charge on any atom is 0.330 e. The Morgan fingerprint density at radius 3 is 2.40 bits per heavy atom. The van der Waals surface area contributed by atoms with Gasteiger partial charge in [-0.3, -0.25) is 18.8 Å². The summed E-state index contributed by atoms with van der Waals surface area (Å²) in [4.78, 5) is 41.4. The van der Waals surface area contributed by atoms with Gasteiger partial charge in [-0.2, -0.15) is 0 Å². The zero-order chi connectivity index (χ0) is 21.8. The summed E-state index contributed by atoms with van der Waals surface area (Å²) in [5.41, 5.74) is 0.222. The Morgan fingerprint density at radius 2 is 1.73 bits per heavy atom. The molecule has 8 heteroatoms. The molecular weight excluding hydrogens is 382 g/mol. The molecule has 3 rings (SSSR count). The van der Waals surface area contributed by atoms with E-state index >= 15 is 0 Å². The van der Waals surface area contributed by atoms with E-state index in [1.54, 1.807) is 17.7 Å². The summed E-state index contributed by atoms with van der Waals surface area (Å²) in [5.74, 6) is 0.504. The van der Waals surface area contributed by atoms with Crippen LogP contribution in [0, 0.1) is 5.92 Å². The third-order valence-electron chi connectivity index (χ3n) is 6.66. The van der Waals surface area contributed by atoms with E-state index in [1.807, 2.05) is 13.8 Å². The van der Waals surface area contributed by atoms with Crippen molar-refractivity contribution in [3.8, 4) is 0 Å². The van der Waals surface area contributed by atoms with Gasteiger partial charge in [-0.15, -0.1) is 0 Å². The van der Waals surface area contributed by atoms with Gasteiger partial charge < -0.3 is 10.2 Å². The fourth-order valence-electron chi connectivity index (χ4n) is 4.86. The number of amides is 2. The van der Waals surface area contributed by atoms with Crippen molar-refractivity contribution in [2.24, 2.45) is 20.0 Å². The summed E-state index contributed by atoms with van der Waals surface area (Å²) in [6.07, 6.45) is 6.62. The van der Waals surface area contributed by atoms with Gasteiger partial charge in [0.25, 0.3) is 5.56 Å². The molecule has 1 atom stereocenters. The smallest absolute Gasteiger partial charge is 0.330 e. The van der Waals surface area contributed by atoms with E-state index in [0.29, 0.717) is 18.5 Å². The summed E-state index contributed by atoms with van der Waals surface area (Å²) in [6.45, 7) is 7.31. The van der Waals surface area contributed by atoms with E-state index in [9.17, 15) is 14.4 Å². The quantitative estimate of drug-likeness (QED) is 0.805. The van der Waals surface area contributed by atoms with Crippen LogP contribution in [-0.2, 0) is 20.6 Å². The third kappa shape index (κ3) is 5.14. The number of carbonyl (C=O) groups is 1. The van der Waals surface area contributed by atoms with Crippen molar-refractivity contribution in [2.45, 2.75) is 71.0 Å².